The summed E-state index contributed by atoms with van der Waals surface area (Å²) in [4.78, 5) is 22.3. The van der Waals surface area contributed by atoms with Gasteiger partial charge in [-0.05, 0) is 24.3 Å². The first kappa shape index (κ1) is 14.3. The largest absolute Gasteiger partial charge is 0.476 e. The molecule has 0 saturated carbocycles. The number of carboxylic acid groups (broad SMARTS) is 1. The third kappa shape index (κ3) is 2.27. The Kier molecular flexibility index (Phi) is 3.46. The van der Waals surface area contributed by atoms with E-state index in [-0.39, 0.29) is 5.56 Å². The van der Waals surface area contributed by atoms with Crippen LogP contribution < -0.4 is 0 Å². The molecule has 3 rings (SSSR count). The van der Waals surface area contributed by atoms with E-state index in [1.165, 1.54) is 23.5 Å². The molecule has 0 spiro atoms. The first-order valence-electron chi connectivity index (χ1n) is 6.23. The van der Waals surface area contributed by atoms with Crippen LogP contribution in [0.5, 0.6) is 0 Å². The number of rotatable bonds is 3. The van der Waals surface area contributed by atoms with Crippen molar-refractivity contribution in [3.63, 3.8) is 0 Å². The van der Waals surface area contributed by atoms with Gasteiger partial charge >= 0.3 is 5.97 Å². The highest BCUT2D eigenvalue weighted by molar-refractivity contribution is 7.25. The van der Waals surface area contributed by atoms with Crippen molar-refractivity contribution in [3.05, 3.63) is 59.7 Å². The molecule has 0 aliphatic heterocycles. The molecule has 0 fully saturated rings. The zero-order valence-electron chi connectivity index (χ0n) is 11.0. The quantitative estimate of drug-likeness (QED) is 0.572. The number of hydrogen-bond donors (Lipinski definition) is 1. The lowest BCUT2D eigenvalue weighted by atomic mass is 10.1. The zero-order valence-corrected chi connectivity index (χ0v) is 11.8. The summed E-state index contributed by atoms with van der Waals surface area (Å²) >= 11 is 1.52. The van der Waals surface area contributed by atoms with Crippen LogP contribution in [0.25, 0.3) is 20.2 Å². The van der Waals surface area contributed by atoms with Crippen molar-refractivity contribution in [2.24, 2.45) is 0 Å². The predicted molar refractivity (Wildman–Crippen MR) is 80.5 cm³/mol. The number of carbonyl (C=O) groups is 2. The summed E-state index contributed by atoms with van der Waals surface area (Å²) in [7, 11) is 0. The molecule has 2 aromatic carbocycles. The Balaban J connectivity index is 2.16. The van der Waals surface area contributed by atoms with Crippen LogP contribution >= 0.6 is 11.3 Å². The number of aliphatic carboxylic acids is 1. The van der Waals surface area contributed by atoms with Crippen LogP contribution in [0.2, 0.25) is 0 Å². The fraction of sp³-hybridized carbons (Fsp3) is 0. The van der Waals surface area contributed by atoms with Crippen molar-refractivity contribution in [3.8, 4) is 0 Å². The van der Waals surface area contributed by atoms with Gasteiger partial charge < -0.3 is 5.11 Å². The smallest absolute Gasteiger partial charge is 0.368 e. The van der Waals surface area contributed by atoms with Crippen molar-refractivity contribution in [2.75, 3.05) is 0 Å². The zero-order chi connectivity index (χ0) is 15.9. The number of halogens is 2. The van der Waals surface area contributed by atoms with E-state index >= 15 is 0 Å². The average Bonchev–Trinajstić information content (AvgIpc) is 2.90. The van der Waals surface area contributed by atoms with Crippen molar-refractivity contribution in [1.29, 1.82) is 0 Å². The highest BCUT2D eigenvalue weighted by atomic mass is 32.1. The average molecular weight is 318 g/mol. The number of carbonyl (C=O) groups excluding carboxylic acids is 1. The normalized spacial score (nSPS) is 12.5. The molecule has 1 aromatic heterocycles. The number of hydrogen-bond acceptors (Lipinski definition) is 3. The molecule has 3 aromatic rings. The Bertz CT molecular complexity index is 956. The Hall–Kier alpha value is -2.60. The van der Waals surface area contributed by atoms with Crippen LogP contribution in [-0.4, -0.2) is 16.9 Å². The third-order valence-corrected chi connectivity index (χ3v) is 4.37. The molecular weight excluding hydrogens is 310 g/mol. The van der Waals surface area contributed by atoms with Crippen LogP contribution in [0.1, 0.15) is 10.4 Å². The lowest BCUT2D eigenvalue weighted by Gasteiger charge is -2.00. The molecule has 1 heterocycles. The van der Waals surface area contributed by atoms with Crippen LogP contribution in [0.4, 0.5) is 8.78 Å². The molecule has 0 saturated heterocycles. The van der Waals surface area contributed by atoms with Gasteiger partial charge in [0.05, 0.1) is 0 Å². The Morgan fingerprint density at radius 1 is 0.909 bits per heavy atom. The minimum absolute atomic E-state index is 0.0926. The number of carboxylic acids is 1. The summed E-state index contributed by atoms with van der Waals surface area (Å²) in [5.74, 6) is -7.36. The van der Waals surface area contributed by atoms with Crippen LogP contribution in [0.15, 0.2) is 54.1 Å². The highest BCUT2D eigenvalue weighted by Gasteiger charge is 2.22. The first-order chi connectivity index (χ1) is 10.5. The molecule has 0 unspecified atom stereocenters. The van der Waals surface area contributed by atoms with E-state index in [1.54, 1.807) is 6.07 Å². The predicted octanol–water partition coefficient (Wildman–Crippen LogP) is 4.47. The van der Waals surface area contributed by atoms with Gasteiger partial charge in [-0.2, -0.15) is 8.78 Å². The SMILES string of the molecule is O=C(O)C(F)=C(F)C(=O)c1ccc2sc3ccccc3c2c1. The van der Waals surface area contributed by atoms with Crippen LogP contribution in [-0.2, 0) is 4.79 Å². The maximum atomic E-state index is 13.5. The van der Waals surface area contributed by atoms with Gasteiger partial charge in [0.15, 0.2) is 0 Å². The molecule has 6 heteroatoms. The monoisotopic (exact) mass is 318 g/mol. The summed E-state index contributed by atoms with van der Waals surface area (Å²) in [6, 6.07) is 12.0. The molecule has 0 aliphatic rings. The van der Waals surface area contributed by atoms with Gasteiger partial charge in [-0.1, -0.05) is 18.2 Å². The maximum Gasteiger partial charge on any atom is 0.368 e. The Morgan fingerprint density at radius 3 is 2.32 bits per heavy atom. The lowest BCUT2D eigenvalue weighted by molar-refractivity contribution is -0.134. The van der Waals surface area contributed by atoms with Crippen molar-refractivity contribution in [2.45, 2.75) is 0 Å². The second-order valence-corrected chi connectivity index (χ2v) is 5.66. The van der Waals surface area contributed by atoms with E-state index in [4.69, 9.17) is 5.11 Å². The standard InChI is InChI=1S/C16H8F2O3S/c17-13(14(18)16(20)21)15(19)8-5-6-12-10(7-8)9-3-1-2-4-11(9)22-12/h1-7H,(H,20,21). The van der Waals surface area contributed by atoms with Crippen LogP contribution in [0.3, 0.4) is 0 Å². The van der Waals surface area contributed by atoms with Gasteiger partial charge in [-0.25, -0.2) is 4.79 Å². The van der Waals surface area contributed by atoms with E-state index in [0.717, 1.165) is 20.2 Å². The van der Waals surface area contributed by atoms with E-state index in [1.807, 2.05) is 24.3 Å². The number of benzene rings is 2. The van der Waals surface area contributed by atoms with Crippen molar-refractivity contribution >= 4 is 43.3 Å². The minimum Gasteiger partial charge on any atom is -0.476 e. The second kappa shape index (κ2) is 5.31. The number of Topliss-reactive ketones (excluding diaryl/α,β-unsaturated/α-hetero) is 1. The first-order valence-corrected chi connectivity index (χ1v) is 7.05. The summed E-state index contributed by atoms with van der Waals surface area (Å²) in [6.07, 6.45) is 0. The fourth-order valence-electron chi connectivity index (χ4n) is 2.19. The van der Waals surface area contributed by atoms with Gasteiger partial charge in [0.1, 0.15) is 0 Å². The van der Waals surface area contributed by atoms with E-state index in [2.05, 4.69) is 0 Å². The molecule has 110 valence electrons. The van der Waals surface area contributed by atoms with E-state index in [0.29, 0.717) is 0 Å². The van der Waals surface area contributed by atoms with E-state index < -0.39 is 23.4 Å². The van der Waals surface area contributed by atoms with Gasteiger partial charge in [0.2, 0.25) is 17.4 Å². The fourth-order valence-corrected chi connectivity index (χ4v) is 3.27. The Labute approximate surface area is 127 Å². The molecule has 0 radical (unpaired) electrons. The van der Waals surface area contributed by atoms with Crippen molar-refractivity contribution in [1.82, 2.24) is 0 Å². The topological polar surface area (TPSA) is 54.4 Å². The Morgan fingerprint density at radius 2 is 1.59 bits per heavy atom. The van der Waals surface area contributed by atoms with E-state index in [9.17, 15) is 18.4 Å². The number of allylic oxidation sites excluding steroid dienone is 1. The molecular formula is C16H8F2O3S. The van der Waals surface area contributed by atoms with Gasteiger partial charge in [-0.3, -0.25) is 4.79 Å². The second-order valence-electron chi connectivity index (χ2n) is 4.57. The summed E-state index contributed by atoms with van der Waals surface area (Å²) in [5.41, 5.74) is -0.0926. The molecule has 1 N–H and O–H groups in total. The molecule has 22 heavy (non-hydrogen) atoms. The summed E-state index contributed by atoms with van der Waals surface area (Å²) < 4.78 is 28.5. The molecule has 0 aliphatic carbocycles. The maximum absolute atomic E-state index is 13.5. The number of thiophene rings is 1. The molecule has 0 bridgehead atoms. The third-order valence-electron chi connectivity index (χ3n) is 3.22. The minimum atomic E-state index is -2.10. The van der Waals surface area contributed by atoms with Gasteiger partial charge in [-0.15, -0.1) is 11.3 Å². The van der Waals surface area contributed by atoms with Gasteiger partial charge in [0.25, 0.3) is 0 Å². The molecule has 0 atom stereocenters. The highest BCUT2D eigenvalue weighted by Crippen LogP contribution is 2.34. The molecule has 3 nitrogen and oxygen atoms in total. The molecule has 0 amide bonds. The lowest BCUT2D eigenvalue weighted by Crippen LogP contribution is -2.06. The number of fused-ring (bicyclic) bond motifs is 3. The van der Waals surface area contributed by atoms with Crippen molar-refractivity contribution < 1.29 is 23.5 Å². The number of ketones is 1. The summed E-state index contributed by atoms with van der Waals surface area (Å²) in [6.45, 7) is 0. The summed E-state index contributed by atoms with van der Waals surface area (Å²) in [5, 5.41) is 10.1. The van der Waals surface area contributed by atoms with Crippen LogP contribution in [0, 0.1) is 0 Å². The van der Waals surface area contributed by atoms with Gasteiger partial charge in [0, 0.05) is 25.7 Å².